The van der Waals surface area contributed by atoms with Crippen LogP contribution in [0.2, 0.25) is 0 Å². The summed E-state index contributed by atoms with van der Waals surface area (Å²) in [4.78, 5) is 33.0. The first kappa shape index (κ1) is 25.7. The number of cyclic esters (lactones) is 1. The molecule has 0 spiro atoms. The number of esters is 1. The van der Waals surface area contributed by atoms with Crippen molar-refractivity contribution in [2.24, 2.45) is 5.16 Å². The van der Waals surface area contributed by atoms with Gasteiger partial charge in [0.05, 0.1) is 17.9 Å². The Balaban J connectivity index is 1.82. The van der Waals surface area contributed by atoms with E-state index < -0.39 is 0 Å². The molecule has 1 aliphatic carbocycles. The molecule has 1 aliphatic heterocycles. The first-order chi connectivity index (χ1) is 16.6. The van der Waals surface area contributed by atoms with Gasteiger partial charge in [0.1, 0.15) is 0 Å². The lowest BCUT2D eigenvalue weighted by atomic mass is 9.94. The average molecular weight is 467 g/mol. The Morgan fingerprint density at radius 2 is 1.82 bits per heavy atom. The van der Waals surface area contributed by atoms with Crippen LogP contribution < -0.4 is 0 Å². The number of rotatable bonds is 8. The van der Waals surface area contributed by atoms with Gasteiger partial charge in [-0.25, -0.2) is 4.79 Å². The number of amides is 1. The van der Waals surface area contributed by atoms with E-state index in [0.29, 0.717) is 30.2 Å². The molecule has 3 rings (SSSR count). The van der Waals surface area contributed by atoms with E-state index in [0.717, 1.165) is 69.2 Å². The van der Waals surface area contributed by atoms with E-state index in [2.05, 4.69) is 37.2 Å². The molecule has 1 fully saturated rings. The molecule has 34 heavy (non-hydrogen) atoms. The molecule has 0 saturated heterocycles. The smallest absolute Gasteiger partial charge is 0.338 e. The Morgan fingerprint density at radius 3 is 2.56 bits per heavy atom. The molecule has 0 unspecified atom stereocenters. The Kier molecular flexibility index (Phi) is 10.4. The molecule has 1 amide bonds. The summed E-state index contributed by atoms with van der Waals surface area (Å²) in [5, 5.41) is 4.32. The van der Waals surface area contributed by atoms with Crippen molar-refractivity contribution in [3.8, 4) is 0 Å². The van der Waals surface area contributed by atoms with Gasteiger partial charge in [0.25, 0.3) is 5.91 Å². The van der Waals surface area contributed by atoms with Crippen LogP contribution in [0.5, 0.6) is 0 Å². The van der Waals surface area contributed by atoms with Crippen molar-refractivity contribution in [1.82, 2.24) is 4.90 Å². The van der Waals surface area contributed by atoms with Crippen LogP contribution in [0.1, 0.15) is 86.2 Å². The van der Waals surface area contributed by atoms with E-state index in [1.54, 1.807) is 0 Å². The number of hydrogen-bond donors (Lipinski definition) is 0. The monoisotopic (exact) mass is 466 g/mol. The Hall–Kier alpha value is -2.89. The number of oxime groups is 1. The number of carbonyl (C=O) groups excluding carboxylic acids is 2. The van der Waals surface area contributed by atoms with Crippen LogP contribution in [0, 0.1) is 0 Å². The minimum atomic E-state index is -0.267. The van der Waals surface area contributed by atoms with Gasteiger partial charge in [0, 0.05) is 19.5 Å². The average Bonchev–Trinajstić information content (AvgIpc) is 3.67. The van der Waals surface area contributed by atoms with E-state index in [1.807, 2.05) is 29.2 Å². The van der Waals surface area contributed by atoms with Crippen molar-refractivity contribution >= 4 is 17.6 Å². The Labute approximate surface area is 203 Å². The first-order valence-electron chi connectivity index (χ1n) is 12.7. The lowest BCUT2D eigenvalue weighted by molar-refractivity contribution is -0.136. The van der Waals surface area contributed by atoms with Crippen LogP contribution in [0.25, 0.3) is 0 Å². The minimum Gasteiger partial charge on any atom is -0.462 e. The maximum absolute atomic E-state index is 13.1. The lowest BCUT2D eigenvalue weighted by Gasteiger charge is -2.20. The van der Waals surface area contributed by atoms with E-state index in [9.17, 15) is 9.59 Å². The zero-order valence-electron chi connectivity index (χ0n) is 20.6. The van der Waals surface area contributed by atoms with Crippen molar-refractivity contribution in [3.63, 3.8) is 0 Å². The van der Waals surface area contributed by atoms with Gasteiger partial charge in [0.15, 0.2) is 6.61 Å². The fourth-order valence-corrected chi connectivity index (χ4v) is 4.17. The zero-order valence-corrected chi connectivity index (χ0v) is 20.6. The molecule has 0 radical (unpaired) electrons. The molecule has 0 atom stereocenters. The van der Waals surface area contributed by atoms with Gasteiger partial charge in [-0.05, 0) is 68.1 Å². The summed E-state index contributed by atoms with van der Waals surface area (Å²) in [6, 6.07) is 6.01. The highest BCUT2D eigenvalue weighted by molar-refractivity contribution is 6.00. The van der Waals surface area contributed by atoms with Gasteiger partial charge in [-0.1, -0.05) is 55.4 Å². The quantitative estimate of drug-likeness (QED) is 0.285. The summed E-state index contributed by atoms with van der Waals surface area (Å²) in [5.74, 6) is 0.106. The highest BCUT2D eigenvalue weighted by atomic mass is 16.6. The summed E-state index contributed by atoms with van der Waals surface area (Å²) in [6.07, 6.45) is 15.2. The summed E-state index contributed by atoms with van der Waals surface area (Å²) in [6.45, 7) is 5.85. The lowest BCUT2D eigenvalue weighted by Crippen LogP contribution is -2.35. The Bertz CT molecular complexity index is 909. The summed E-state index contributed by atoms with van der Waals surface area (Å²) in [7, 11) is 0. The molecule has 0 aromatic heterocycles. The van der Waals surface area contributed by atoms with Crippen LogP contribution in [0.4, 0.5) is 0 Å². The summed E-state index contributed by atoms with van der Waals surface area (Å²) >= 11 is 0. The predicted octanol–water partition coefficient (Wildman–Crippen LogP) is 5.58. The number of allylic oxidation sites excluding steroid dienone is 3. The molecular weight excluding hydrogens is 428 g/mol. The van der Waals surface area contributed by atoms with Gasteiger partial charge in [-0.15, -0.1) is 0 Å². The topological polar surface area (TPSA) is 68.2 Å². The van der Waals surface area contributed by atoms with E-state index >= 15 is 0 Å². The molecule has 0 N–H and O–H groups in total. The molecule has 2 aliphatic rings. The molecule has 1 saturated carbocycles. The Morgan fingerprint density at radius 1 is 1.09 bits per heavy atom. The van der Waals surface area contributed by atoms with Crippen molar-refractivity contribution in [1.29, 1.82) is 0 Å². The molecule has 6 nitrogen and oxygen atoms in total. The minimum absolute atomic E-state index is 0.0527. The van der Waals surface area contributed by atoms with Gasteiger partial charge in [-0.2, -0.15) is 0 Å². The fourth-order valence-electron chi connectivity index (χ4n) is 4.17. The number of fused-ring (bicyclic) bond motifs is 1. The standard InChI is InChI=1S/C28H38N2O4/c1-3-17-30(18-4-2)26(31)21-34-29-24-13-9-7-5-6-8-10-19-33-28(32)27-23(20-24)12-11-14-25(27)22-15-16-22/h6,8-9,11-14,22H,3-5,7,10,15-21H2,1-2H3/b8-6+,13-9+,29-24-. The number of ether oxygens (including phenoxy) is 1. The summed E-state index contributed by atoms with van der Waals surface area (Å²) in [5.41, 5.74) is 3.31. The number of benzene rings is 1. The van der Waals surface area contributed by atoms with Crippen molar-refractivity contribution in [3.05, 3.63) is 59.2 Å². The predicted molar refractivity (Wildman–Crippen MR) is 135 cm³/mol. The third-order valence-corrected chi connectivity index (χ3v) is 5.98. The van der Waals surface area contributed by atoms with E-state index in [4.69, 9.17) is 9.57 Å². The highest BCUT2D eigenvalue weighted by Gasteiger charge is 2.30. The fraction of sp³-hybridized carbons (Fsp3) is 0.536. The number of hydrogen-bond acceptors (Lipinski definition) is 5. The van der Waals surface area contributed by atoms with Crippen LogP contribution in [0.15, 0.2) is 47.7 Å². The molecule has 0 bridgehead atoms. The van der Waals surface area contributed by atoms with Gasteiger partial charge < -0.3 is 14.5 Å². The van der Waals surface area contributed by atoms with Gasteiger partial charge in [-0.3, -0.25) is 4.79 Å². The highest BCUT2D eigenvalue weighted by Crippen LogP contribution is 2.42. The third kappa shape index (κ3) is 7.86. The maximum atomic E-state index is 13.1. The normalized spacial score (nSPS) is 20.1. The molecule has 6 heteroatoms. The van der Waals surface area contributed by atoms with Gasteiger partial charge in [0.2, 0.25) is 0 Å². The first-order valence-corrected chi connectivity index (χ1v) is 12.7. The molecule has 184 valence electrons. The second-order valence-electron chi connectivity index (χ2n) is 8.94. The van der Waals surface area contributed by atoms with Crippen molar-refractivity contribution < 1.29 is 19.2 Å². The third-order valence-electron chi connectivity index (χ3n) is 5.98. The summed E-state index contributed by atoms with van der Waals surface area (Å²) < 4.78 is 5.62. The molecule has 1 heterocycles. The largest absolute Gasteiger partial charge is 0.462 e. The maximum Gasteiger partial charge on any atom is 0.338 e. The second kappa shape index (κ2) is 13.7. The SMILES string of the molecule is CCCN(CCC)C(=O)CO/N=C1/C=C/CC/C=C/CCOC(=O)c2c(cccc2C2CC2)C1. The number of nitrogens with zero attached hydrogens (tertiary/aromatic N) is 2. The molecule has 1 aromatic rings. The van der Waals surface area contributed by atoms with E-state index in [1.165, 1.54) is 0 Å². The van der Waals surface area contributed by atoms with Crippen LogP contribution in [-0.2, 0) is 20.8 Å². The molecular formula is C28H38N2O4. The second-order valence-corrected chi connectivity index (χ2v) is 8.94. The number of carbonyl (C=O) groups is 2. The van der Waals surface area contributed by atoms with Crippen molar-refractivity contribution in [2.45, 2.75) is 71.1 Å². The van der Waals surface area contributed by atoms with E-state index in [-0.39, 0.29) is 18.5 Å². The van der Waals surface area contributed by atoms with Crippen LogP contribution in [0.3, 0.4) is 0 Å². The molecule has 1 aromatic carbocycles. The van der Waals surface area contributed by atoms with Crippen molar-refractivity contribution in [2.75, 3.05) is 26.3 Å². The van der Waals surface area contributed by atoms with Crippen LogP contribution >= 0.6 is 0 Å². The van der Waals surface area contributed by atoms with Crippen LogP contribution in [-0.4, -0.2) is 48.8 Å². The zero-order chi connectivity index (χ0) is 24.2. The van der Waals surface area contributed by atoms with Gasteiger partial charge >= 0.3 is 5.97 Å².